The summed E-state index contributed by atoms with van der Waals surface area (Å²) in [6, 6.07) is 7.64. The van der Waals surface area contributed by atoms with Gasteiger partial charge in [0.25, 0.3) is 0 Å². The van der Waals surface area contributed by atoms with Gasteiger partial charge in [0, 0.05) is 16.5 Å². The standard InChI is InChI=1S/C14H15ClN2O/c15-12-3-1-10(2-4-12)13-9-17-14(18-13)11-5-7-16-8-6-11/h1-4,9,11,16H,5-8H2. The average molecular weight is 263 g/mol. The summed E-state index contributed by atoms with van der Waals surface area (Å²) in [6.45, 7) is 2.09. The first-order chi connectivity index (χ1) is 8.83. The highest BCUT2D eigenvalue weighted by Crippen LogP contribution is 2.29. The third-order valence-electron chi connectivity index (χ3n) is 3.34. The summed E-state index contributed by atoms with van der Waals surface area (Å²) >= 11 is 5.87. The van der Waals surface area contributed by atoms with E-state index in [1.807, 2.05) is 24.3 Å². The largest absolute Gasteiger partial charge is 0.440 e. The van der Waals surface area contributed by atoms with E-state index in [0.29, 0.717) is 5.92 Å². The van der Waals surface area contributed by atoms with Crippen LogP contribution in [-0.4, -0.2) is 18.1 Å². The molecule has 2 heterocycles. The molecule has 3 nitrogen and oxygen atoms in total. The van der Waals surface area contributed by atoms with Crippen molar-refractivity contribution in [3.05, 3.63) is 41.4 Å². The Hall–Kier alpha value is -1.32. The van der Waals surface area contributed by atoms with Crippen LogP contribution in [0.3, 0.4) is 0 Å². The molecule has 0 saturated carbocycles. The van der Waals surface area contributed by atoms with Crippen LogP contribution in [-0.2, 0) is 0 Å². The fraction of sp³-hybridized carbons (Fsp3) is 0.357. The highest BCUT2D eigenvalue weighted by atomic mass is 35.5. The Bertz CT molecular complexity index is 515. The molecule has 0 unspecified atom stereocenters. The molecule has 1 aromatic heterocycles. The molecule has 3 rings (SSSR count). The van der Waals surface area contributed by atoms with E-state index in [4.69, 9.17) is 16.0 Å². The third-order valence-corrected chi connectivity index (χ3v) is 3.59. The van der Waals surface area contributed by atoms with E-state index in [1.54, 1.807) is 6.20 Å². The molecule has 0 radical (unpaired) electrons. The predicted molar refractivity (Wildman–Crippen MR) is 71.8 cm³/mol. The lowest BCUT2D eigenvalue weighted by Crippen LogP contribution is -2.26. The third kappa shape index (κ3) is 2.42. The zero-order valence-electron chi connectivity index (χ0n) is 10.0. The van der Waals surface area contributed by atoms with Gasteiger partial charge in [-0.15, -0.1) is 0 Å². The number of hydrogen-bond acceptors (Lipinski definition) is 3. The quantitative estimate of drug-likeness (QED) is 0.901. The molecule has 1 saturated heterocycles. The number of nitrogens with zero attached hydrogens (tertiary/aromatic N) is 1. The molecule has 1 aliphatic rings. The number of benzene rings is 1. The van der Waals surface area contributed by atoms with Crippen molar-refractivity contribution in [3.63, 3.8) is 0 Å². The van der Waals surface area contributed by atoms with Crippen LogP contribution in [0.5, 0.6) is 0 Å². The first-order valence-corrected chi connectivity index (χ1v) is 6.63. The zero-order valence-corrected chi connectivity index (χ0v) is 10.8. The summed E-state index contributed by atoms with van der Waals surface area (Å²) in [5.74, 6) is 2.13. The molecule has 94 valence electrons. The van der Waals surface area contributed by atoms with E-state index >= 15 is 0 Å². The van der Waals surface area contributed by atoms with E-state index in [0.717, 1.165) is 48.2 Å². The van der Waals surface area contributed by atoms with Crippen LogP contribution in [0.1, 0.15) is 24.7 Å². The Balaban J connectivity index is 1.82. The number of rotatable bonds is 2. The fourth-order valence-electron chi connectivity index (χ4n) is 2.29. The van der Waals surface area contributed by atoms with E-state index in [1.165, 1.54) is 0 Å². The molecular formula is C14H15ClN2O. The summed E-state index contributed by atoms with van der Waals surface area (Å²) in [7, 11) is 0. The number of aromatic nitrogens is 1. The molecule has 0 amide bonds. The minimum atomic E-state index is 0.451. The Morgan fingerprint density at radius 1 is 1.17 bits per heavy atom. The summed E-state index contributed by atoms with van der Waals surface area (Å²) < 4.78 is 5.87. The first kappa shape index (κ1) is 11.8. The molecule has 1 aromatic carbocycles. The SMILES string of the molecule is Clc1ccc(-c2cnc(C3CCNCC3)o2)cc1. The van der Waals surface area contributed by atoms with Crippen LogP contribution in [0.25, 0.3) is 11.3 Å². The smallest absolute Gasteiger partial charge is 0.198 e. The van der Waals surface area contributed by atoms with Crippen molar-refractivity contribution in [2.24, 2.45) is 0 Å². The Kier molecular flexibility index (Phi) is 3.35. The lowest BCUT2D eigenvalue weighted by atomic mass is 9.98. The van der Waals surface area contributed by atoms with Gasteiger partial charge in [-0.2, -0.15) is 0 Å². The van der Waals surface area contributed by atoms with Crippen molar-refractivity contribution in [3.8, 4) is 11.3 Å². The topological polar surface area (TPSA) is 38.1 Å². The van der Waals surface area contributed by atoms with Gasteiger partial charge < -0.3 is 9.73 Å². The van der Waals surface area contributed by atoms with Gasteiger partial charge in [-0.1, -0.05) is 11.6 Å². The van der Waals surface area contributed by atoms with E-state index < -0.39 is 0 Å². The van der Waals surface area contributed by atoms with Crippen LogP contribution in [0, 0.1) is 0 Å². The summed E-state index contributed by atoms with van der Waals surface area (Å²) in [5, 5.41) is 4.08. The monoisotopic (exact) mass is 262 g/mol. The van der Waals surface area contributed by atoms with Crippen molar-refractivity contribution in [2.75, 3.05) is 13.1 Å². The molecule has 1 fully saturated rings. The second-order valence-electron chi connectivity index (χ2n) is 4.59. The van der Waals surface area contributed by atoms with Gasteiger partial charge >= 0.3 is 0 Å². The van der Waals surface area contributed by atoms with Crippen molar-refractivity contribution in [1.29, 1.82) is 0 Å². The van der Waals surface area contributed by atoms with Crippen molar-refractivity contribution in [1.82, 2.24) is 10.3 Å². The maximum absolute atomic E-state index is 5.87. The van der Waals surface area contributed by atoms with Crippen molar-refractivity contribution in [2.45, 2.75) is 18.8 Å². The summed E-state index contributed by atoms with van der Waals surface area (Å²) in [6.07, 6.45) is 4.00. The van der Waals surface area contributed by atoms with Gasteiger partial charge in [0.1, 0.15) is 0 Å². The lowest BCUT2D eigenvalue weighted by molar-refractivity contribution is 0.378. The Morgan fingerprint density at radius 3 is 2.61 bits per heavy atom. The van der Waals surface area contributed by atoms with Gasteiger partial charge in [0.15, 0.2) is 11.7 Å². The zero-order chi connectivity index (χ0) is 12.4. The Morgan fingerprint density at radius 2 is 1.89 bits per heavy atom. The van der Waals surface area contributed by atoms with Gasteiger partial charge in [-0.05, 0) is 50.2 Å². The second-order valence-corrected chi connectivity index (χ2v) is 5.03. The highest BCUT2D eigenvalue weighted by molar-refractivity contribution is 6.30. The van der Waals surface area contributed by atoms with Gasteiger partial charge in [0.05, 0.1) is 6.20 Å². The van der Waals surface area contributed by atoms with E-state index in [9.17, 15) is 0 Å². The van der Waals surface area contributed by atoms with Crippen LogP contribution < -0.4 is 5.32 Å². The van der Waals surface area contributed by atoms with Gasteiger partial charge in [-0.25, -0.2) is 4.98 Å². The predicted octanol–water partition coefficient (Wildman–Crippen LogP) is 3.46. The molecule has 0 atom stereocenters. The number of nitrogens with one attached hydrogen (secondary N) is 1. The Labute approximate surface area is 111 Å². The fourth-order valence-corrected chi connectivity index (χ4v) is 2.42. The minimum Gasteiger partial charge on any atom is -0.440 e. The van der Waals surface area contributed by atoms with E-state index in [2.05, 4.69) is 10.3 Å². The highest BCUT2D eigenvalue weighted by Gasteiger charge is 2.20. The molecule has 18 heavy (non-hydrogen) atoms. The molecule has 0 aliphatic carbocycles. The first-order valence-electron chi connectivity index (χ1n) is 6.25. The van der Waals surface area contributed by atoms with E-state index in [-0.39, 0.29) is 0 Å². The number of oxazole rings is 1. The summed E-state index contributed by atoms with van der Waals surface area (Å²) in [5.41, 5.74) is 1.02. The van der Waals surface area contributed by atoms with Crippen molar-refractivity contribution < 1.29 is 4.42 Å². The molecule has 0 bridgehead atoms. The van der Waals surface area contributed by atoms with Crippen molar-refractivity contribution >= 4 is 11.6 Å². The van der Waals surface area contributed by atoms with Crippen LogP contribution in [0.15, 0.2) is 34.9 Å². The molecule has 2 aromatic rings. The molecule has 1 aliphatic heterocycles. The average Bonchev–Trinajstić information content (AvgIpc) is 2.90. The van der Waals surface area contributed by atoms with Gasteiger partial charge in [0.2, 0.25) is 0 Å². The number of piperidine rings is 1. The molecule has 0 spiro atoms. The van der Waals surface area contributed by atoms with Gasteiger partial charge in [-0.3, -0.25) is 0 Å². The minimum absolute atomic E-state index is 0.451. The maximum atomic E-state index is 5.87. The van der Waals surface area contributed by atoms with Crippen LogP contribution in [0.2, 0.25) is 5.02 Å². The second kappa shape index (κ2) is 5.12. The molecule has 1 N–H and O–H groups in total. The normalized spacial score (nSPS) is 16.9. The maximum Gasteiger partial charge on any atom is 0.198 e. The lowest BCUT2D eigenvalue weighted by Gasteiger charge is -2.19. The number of hydrogen-bond donors (Lipinski definition) is 1. The molecule has 4 heteroatoms. The van der Waals surface area contributed by atoms with Crippen LogP contribution in [0.4, 0.5) is 0 Å². The number of halogens is 1. The van der Waals surface area contributed by atoms with Crippen LogP contribution >= 0.6 is 11.6 Å². The molecular weight excluding hydrogens is 248 g/mol. The summed E-state index contributed by atoms with van der Waals surface area (Å²) in [4.78, 5) is 4.41.